The minimum absolute atomic E-state index is 0.0840. The predicted molar refractivity (Wildman–Crippen MR) is 156 cm³/mol. The van der Waals surface area contributed by atoms with Gasteiger partial charge in [0.15, 0.2) is 5.78 Å². The molecule has 3 fully saturated rings. The molecule has 2 aliphatic heterocycles. The highest BCUT2D eigenvalue weighted by Crippen LogP contribution is 2.39. The Kier molecular flexibility index (Phi) is 10.0. The lowest BCUT2D eigenvalue weighted by atomic mass is 9.71. The van der Waals surface area contributed by atoms with Crippen molar-refractivity contribution in [2.24, 2.45) is 11.7 Å². The third-order valence-electron chi connectivity index (χ3n) is 9.52. The molecule has 1 aromatic heterocycles. The molecule has 5 rings (SSSR count). The number of benzene rings is 1. The van der Waals surface area contributed by atoms with Gasteiger partial charge in [-0.1, -0.05) is 12.1 Å². The zero-order valence-electron chi connectivity index (χ0n) is 24.2. The monoisotopic (exact) mass is 604 g/mol. The summed E-state index contributed by atoms with van der Waals surface area (Å²) in [6.45, 7) is 0.948. The van der Waals surface area contributed by atoms with Crippen LogP contribution < -0.4 is 11.1 Å². The lowest BCUT2D eigenvalue weighted by molar-refractivity contribution is -0.120. The van der Waals surface area contributed by atoms with Gasteiger partial charge in [0.1, 0.15) is 11.6 Å². The van der Waals surface area contributed by atoms with Crippen LogP contribution in [0.15, 0.2) is 36.7 Å². The number of sulfonamides is 1. The first-order valence-electron chi connectivity index (χ1n) is 15.1. The first-order chi connectivity index (χ1) is 20.2. The summed E-state index contributed by atoms with van der Waals surface area (Å²) >= 11 is 0. The van der Waals surface area contributed by atoms with Crippen LogP contribution >= 0.6 is 0 Å². The van der Waals surface area contributed by atoms with E-state index in [9.17, 15) is 17.6 Å². The van der Waals surface area contributed by atoms with E-state index < -0.39 is 21.9 Å². The number of Topliss-reactive ketones (excluding diaryl/α,β-unsaturated/α-hetero) is 1. The van der Waals surface area contributed by atoms with Crippen molar-refractivity contribution in [1.29, 1.82) is 0 Å². The van der Waals surface area contributed by atoms with Gasteiger partial charge in [-0.05, 0) is 86.1 Å². The van der Waals surface area contributed by atoms with Crippen LogP contribution in [-0.2, 0) is 32.4 Å². The van der Waals surface area contributed by atoms with Gasteiger partial charge < -0.3 is 15.8 Å². The van der Waals surface area contributed by atoms with Gasteiger partial charge in [-0.15, -0.1) is 0 Å². The number of rotatable bonds is 10. The summed E-state index contributed by atoms with van der Waals surface area (Å²) < 4.78 is 61.8. The Balaban J connectivity index is 1.32. The Morgan fingerprint density at radius 2 is 1.88 bits per heavy atom. The van der Waals surface area contributed by atoms with Crippen molar-refractivity contribution < 1.29 is 26.7 Å². The van der Waals surface area contributed by atoms with Gasteiger partial charge in [0.25, 0.3) is 0 Å². The molecule has 0 amide bonds. The van der Waals surface area contributed by atoms with Crippen molar-refractivity contribution in [2.45, 2.75) is 87.9 Å². The minimum Gasteiger partial charge on any atom is -0.381 e. The Morgan fingerprint density at radius 3 is 2.60 bits per heavy atom. The molecule has 3 N–H and O–H groups in total. The Morgan fingerprint density at radius 1 is 1.14 bits per heavy atom. The maximum absolute atomic E-state index is 15.1. The quantitative estimate of drug-likeness (QED) is 0.427. The third-order valence-corrected chi connectivity index (χ3v) is 11.5. The van der Waals surface area contributed by atoms with E-state index in [1.165, 1.54) is 18.3 Å². The first kappa shape index (κ1) is 31.1. The van der Waals surface area contributed by atoms with E-state index in [0.717, 1.165) is 43.9 Å². The SMILES string of the molecule is COC1CCC([C@H](c2ccc(F)cc2)[C@H](N)C(=O)Cc2cncc(F)c2CC[C@H]2CN[C@@H]3CCCS(=O)(=O)N2C3)CC1. The van der Waals surface area contributed by atoms with E-state index >= 15 is 4.39 Å². The number of aromatic nitrogens is 1. The van der Waals surface area contributed by atoms with Crippen LogP contribution in [-0.4, -0.2) is 73.7 Å². The van der Waals surface area contributed by atoms with E-state index in [0.29, 0.717) is 37.1 Å². The molecule has 230 valence electrons. The highest BCUT2D eigenvalue weighted by Gasteiger charge is 2.39. The van der Waals surface area contributed by atoms with Crippen molar-refractivity contribution in [2.75, 3.05) is 26.0 Å². The molecule has 2 aromatic rings. The molecule has 1 aromatic carbocycles. The number of halogens is 2. The minimum atomic E-state index is -3.37. The van der Waals surface area contributed by atoms with E-state index in [-0.39, 0.29) is 60.2 Å². The fourth-order valence-electron chi connectivity index (χ4n) is 7.14. The number of carbonyl (C=O) groups excluding carboxylic acids is 1. The van der Waals surface area contributed by atoms with Crippen molar-refractivity contribution >= 4 is 15.8 Å². The maximum Gasteiger partial charge on any atom is 0.214 e. The normalized spacial score (nSPS) is 28.9. The third kappa shape index (κ3) is 7.07. The highest BCUT2D eigenvalue weighted by molar-refractivity contribution is 7.89. The summed E-state index contributed by atoms with van der Waals surface area (Å²) in [6.07, 6.45) is 8.29. The van der Waals surface area contributed by atoms with Gasteiger partial charge in [-0.3, -0.25) is 9.78 Å². The Hall–Kier alpha value is -2.31. The average Bonchev–Trinajstić information content (AvgIpc) is 3.10. The number of piperazine rings is 1. The molecule has 1 saturated carbocycles. The van der Waals surface area contributed by atoms with Crippen LogP contribution in [0, 0.1) is 17.6 Å². The van der Waals surface area contributed by atoms with Gasteiger partial charge in [-0.25, -0.2) is 17.2 Å². The van der Waals surface area contributed by atoms with Gasteiger partial charge in [0.2, 0.25) is 10.0 Å². The van der Waals surface area contributed by atoms with Gasteiger partial charge in [0.05, 0.1) is 24.1 Å². The topological polar surface area (TPSA) is 115 Å². The molecule has 1 unspecified atom stereocenters. The van der Waals surface area contributed by atoms with Crippen molar-refractivity contribution in [3.63, 3.8) is 0 Å². The molecule has 1 aliphatic carbocycles. The highest BCUT2D eigenvalue weighted by atomic mass is 32.2. The number of ether oxygens (including phenoxy) is 1. The number of pyridine rings is 1. The number of methoxy groups -OCH3 is 1. The molecule has 3 aliphatic rings. The number of nitrogens with two attached hydrogens (primary N) is 1. The zero-order chi connectivity index (χ0) is 29.9. The molecule has 3 heterocycles. The molecule has 42 heavy (non-hydrogen) atoms. The number of fused-ring (bicyclic) bond motifs is 2. The van der Waals surface area contributed by atoms with E-state index in [2.05, 4.69) is 10.3 Å². The second-order valence-electron chi connectivity index (χ2n) is 12.1. The fourth-order valence-corrected chi connectivity index (χ4v) is 8.94. The molecule has 0 radical (unpaired) electrons. The lowest BCUT2D eigenvalue weighted by Gasteiger charge is -2.37. The summed E-state index contributed by atoms with van der Waals surface area (Å²) in [5.41, 5.74) is 8.35. The smallest absolute Gasteiger partial charge is 0.214 e. The molecule has 2 saturated heterocycles. The number of hydrogen-bond acceptors (Lipinski definition) is 7. The van der Waals surface area contributed by atoms with Crippen molar-refractivity contribution in [3.05, 3.63) is 65.0 Å². The summed E-state index contributed by atoms with van der Waals surface area (Å²) in [5.74, 6) is -1.15. The van der Waals surface area contributed by atoms with Crippen LogP contribution in [0.4, 0.5) is 8.78 Å². The first-order valence-corrected chi connectivity index (χ1v) is 16.7. The van der Waals surface area contributed by atoms with Crippen LogP contribution in [0.1, 0.15) is 67.6 Å². The Labute approximate surface area is 247 Å². The molecule has 2 bridgehead atoms. The number of nitrogens with one attached hydrogen (secondary N) is 1. The Bertz CT molecular complexity index is 1330. The van der Waals surface area contributed by atoms with E-state index in [1.807, 2.05) is 0 Å². The molecular weight excluding hydrogens is 562 g/mol. The molecule has 0 spiro atoms. The van der Waals surface area contributed by atoms with Crippen LogP contribution in [0.2, 0.25) is 0 Å². The predicted octanol–water partition coefficient (Wildman–Crippen LogP) is 3.49. The largest absolute Gasteiger partial charge is 0.381 e. The number of hydrogen-bond donors (Lipinski definition) is 2. The summed E-state index contributed by atoms with van der Waals surface area (Å²) in [5, 5.41) is 3.45. The number of ketones is 1. The average molecular weight is 605 g/mol. The lowest BCUT2D eigenvalue weighted by Crippen LogP contribution is -2.57. The van der Waals surface area contributed by atoms with Crippen molar-refractivity contribution in [3.8, 4) is 0 Å². The van der Waals surface area contributed by atoms with Gasteiger partial charge >= 0.3 is 0 Å². The summed E-state index contributed by atoms with van der Waals surface area (Å²) in [7, 11) is -1.66. The van der Waals surface area contributed by atoms with E-state index in [1.54, 1.807) is 23.5 Å². The molecule has 5 atom stereocenters. The second kappa shape index (κ2) is 13.5. The zero-order valence-corrected chi connectivity index (χ0v) is 25.0. The molecule has 11 heteroatoms. The van der Waals surface area contributed by atoms with Gasteiger partial charge in [0, 0.05) is 50.8 Å². The van der Waals surface area contributed by atoms with E-state index in [4.69, 9.17) is 10.5 Å². The standard InChI is InChI=1S/C31H42F2N4O4S/c1-41-26-11-6-21(7-12-26)30(20-4-8-23(32)9-5-20)31(34)29(38)15-22-16-35-18-28(33)27(22)13-10-25-17-36-24-3-2-14-42(39,40)37(25)19-24/h4-5,8-9,16,18,21,24-26,30-31,36H,2-3,6-7,10-15,17,19,34H2,1H3/t21?,24-,25+,26?,30+,31-/m1/s1. The summed E-state index contributed by atoms with van der Waals surface area (Å²) in [4.78, 5) is 17.7. The van der Waals surface area contributed by atoms with Crippen molar-refractivity contribution in [1.82, 2.24) is 14.6 Å². The number of nitrogens with zero attached hydrogens (tertiary/aromatic N) is 2. The maximum atomic E-state index is 15.1. The molecular formula is C31H42F2N4O4S. The van der Waals surface area contributed by atoms with Crippen LogP contribution in [0.5, 0.6) is 0 Å². The fraction of sp³-hybridized carbons (Fsp3) is 0.613. The van der Waals surface area contributed by atoms with Crippen LogP contribution in [0.25, 0.3) is 0 Å². The van der Waals surface area contributed by atoms with Gasteiger partial charge in [-0.2, -0.15) is 4.31 Å². The second-order valence-corrected chi connectivity index (χ2v) is 14.1. The van der Waals surface area contributed by atoms with Crippen LogP contribution in [0.3, 0.4) is 0 Å². The number of carbonyl (C=O) groups is 1. The summed E-state index contributed by atoms with van der Waals surface area (Å²) in [6, 6.07) is 5.17. The molecule has 8 nitrogen and oxygen atoms in total.